The van der Waals surface area contributed by atoms with Gasteiger partial charge in [-0.15, -0.1) is 0 Å². The van der Waals surface area contributed by atoms with Crippen LogP contribution in [0.4, 0.5) is 0 Å². The molecule has 1 aliphatic carbocycles. The third kappa shape index (κ3) is 3.92. The van der Waals surface area contributed by atoms with E-state index in [4.69, 9.17) is 0 Å². The molecule has 6 nitrogen and oxygen atoms in total. The van der Waals surface area contributed by atoms with E-state index in [1.165, 1.54) is 5.56 Å². The van der Waals surface area contributed by atoms with E-state index in [9.17, 15) is 9.59 Å². The van der Waals surface area contributed by atoms with Crippen LogP contribution >= 0.6 is 0 Å². The summed E-state index contributed by atoms with van der Waals surface area (Å²) in [6.45, 7) is 6.15. The van der Waals surface area contributed by atoms with Gasteiger partial charge >= 0.3 is 0 Å². The number of ketones is 1. The maximum absolute atomic E-state index is 12.8. The molecule has 1 atom stereocenters. The Balaban J connectivity index is 1.52. The van der Waals surface area contributed by atoms with Gasteiger partial charge in [0, 0.05) is 18.7 Å². The van der Waals surface area contributed by atoms with Crippen molar-refractivity contribution >= 4 is 17.3 Å². The number of fused-ring (bicyclic) bond motifs is 3. The van der Waals surface area contributed by atoms with E-state index in [1.54, 1.807) is 16.9 Å². The summed E-state index contributed by atoms with van der Waals surface area (Å²) in [5.74, 6) is -0.101. The number of carbonyl (C=O) groups excluding carboxylic acids is 2. The van der Waals surface area contributed by atoms with Crippen molar-refractivity contribution in [3.63, 3.8) is 0 Å². The van der Waals surface area contributed by atoms with Gasteiger partial charge in [0.05, 0.1) is 17.5 Å². The highest BCUT2D eigenvalue weighted by Gasteiger charge is 2.33. The van der Waals surface area contributed by atoms with Crippen molar-refractivity contribution in [2.45, 2.75) is 52.5 Å². The van der Waals surface area contributed by atoms with Crippen molar-refractivity contribution in [2.24, 2.45) is 5.41 Å². The molecule has 0 saturated carbocycles. The number of rotatable bonds is 5. The molecule has 0 radical (unpaired) electrons. The zero-order chi connectivity index (χ0) is 20.6. The second-order valence-electron chi connectivity index (χ2n) is 8.75. The van der Waals surface area contributed by atoms with Crippen LogP contribution < -0.4 is 5.32 Å². The number of aryl methyl sites for hydroxylation is 1. The quantitative estimate of drug-likeness (QED) is 0.722. The number of aromatic nitrogens is 3. The average Bonchev–Trinajstić information content (AvgIpc) is 3.11. The molecule has 0 saturated heterocycles. The monoisotopic (exact) mass is 390 g/mol. The summed E-state index contributed by atoms with van der Waals surface area (Å²) in [6.07, 6.45) is 6.12. The summed E-state index contributed by atoms with van der Waals surface area (Å²) in [5, 5.41) is 7.45. The molecule has 0 unspecified atom stereocenters. The lowest BCUT2D eigenvalue weighted by atomic mass is 9.76. The van der Waals surface area contributed by atoms with Crippen LogP contribution in [-0.2, 0) is 12.8 Å². The highest BCUT2D eigenvalue weighted by molar-refractivity contribution is 6.01. The van der Waals surface area contributed by atoms with Crippen LogP contribution in [0.3, 0.4) is 0 Å². The number of hydrogen-bond donors (Lipinski definition) is 1. The predicted molar refractivity (Wildman–Crippen MR) is 111 cm³/mol. The summed E-state index contributed by atoms with van der Waals surface area (Å²) < 4.78 is 1.66. The van der Waals surface area contributed by atoms with Crippen molar-refractivity contribution in [1.82, 2.24) is 19.9 Å². The number of carbonyl (C=O) groups is 2. The van der Waals surface area contributed by atoms with Crippen LogP contribution in [0.5, 0.6) is 0 Å². The number of nitrogens with zero attached hydrogens (tertiary/aromatic N) is 3. The fourth-order valence-corrected chi connectivity index (χ4v) is 3.99. The second-order valence-corrected chi connectivity index (χ2v) is 8.75. The van der Waals surface area contributed by atoms with Crippen molar-refractivity contribution in [1.29, 1.82) is 0 Å². The molecule has 3 aromatic rings. The molecule has 0 bridgehead atoms. The minimum Gasteiger partial charge on any atom is -0.349 e. The molecule has 29 heavy (non-hydrogen) atoms. The number of amides is 1. The topological polar surface area (TPSA) is 76.4 Å². The minimum absolute atomic E-state index is 0.0239. The first-order valence-corrected chi connectivity index (χ1v) is 10.1. The Morgan fingerprint density at radius 1 is 1.21 bits per heavy atom. The van der Waals surface area contributed by atoms with Crippen molar-refractivity contribution in [3.8, 4) is 0 Å². The predicted octanol–water partition coefficient (Wildman–Crippen LogP) is 3.64. The molecule has 2 aromatic heterocycles. The molecule has 150 valence electrons. The normalized spacial score (nSPS) is 16.4. The number of hydrogen-bond acceptors (Lipinski definition) is 4. The van der Waals surface area contributed by atoms with Gasteiger partial charge in [0.25, 0.3) is 5.91 Å². The van der Waals surface area contributed by atoms with Gasteiger partial charge in [-0.3, -0.25) is 9.59 Å². The van der Waals surface area contributed by atoms with E-state index >= 15 is 0 Å². The van der Waals surface area contributed by atoms with Crippen molar-refractivity contribution in [3.05, 3.63) is 65.1 Å². The molecule has 0 fully saturated rings. The Bertz CT molecular complexity index is 1070. The van der Waals surface area contributed by atoms with Crippen LogP contribution in [0.1, 0.15) is 65.6 Å². The SMILES string of the molecule is C[C@H](CCc1ccccc1)NC(=O)c1cnn2c3c(cnc12)C(=O)CC(C)(C)C3. The van der Waals surface area contributed by atoms with E-state index in [2.05, 4.69) is 41.4 Å². The van der Waals surface area contributed by atoms with Crippen LogP contribution in [-0.4, -0.2) is 32.3 Å². The molecule has 0 spiro atoms. The van der Waals surface area contributed by atoms with Crippen molar-refractivity contribution in [2.75, 3.05) is 0 Å². The van der Waals surface area contributed by atoms with E-state index in [-0.39, 0.29) is 23.1 Å². The van der Waals surface area contributed by atoms with Gasteiger partial charge in [-0.2, -0.15) is 5.10 Å². The molecular weight excluding hydrogens is 364 g/mol. The molecule has 1 amide bonds. The Labute approximate surface area is 170 Å². The summed E-state index contributed by atoms with van der Waals surface area (Å²) in [6, 6.07) is 10.3. The summed E-state index contributed by atoms with van der Waals surface area (Å²) in [5.41, 5.74) is 3.52. The summed E-state index contributed by atoms with van der Waals surface area (Å²) >= 11 is 0. The largest absolute Gasteiger partial charge is 0.349 e. The molecule has 1 N–H and O–H groups in total. The first-order chi connectivity index (χ1) is 13.8. The van der Waals surface area contributed by atoms with Gasteiger partial charge in [-0.05, 0) is 37.2 Å². The molecule has 4 rings (SSSR count). The lowest BCUT2D eigenvalue weighted by Crippen LogP contribution is -2.33. The number of nitrogens with one attached hydrogen (secondary N) is 1. The lowest BCUT2D eigenvalue weighted by Gasteiger charge is -2.29. The van der Waals surface area contributed by atoms with Gasteiger partial charge in [0.2, 0.25) is 0 Å². The van der Waals surface area contributed by atoms with Crippen LogP contribution in [0.2, 0.25) is 0 Å². The molecular formula is C23H26N4O2. The summed E-state index contributed by atoms with van der Waals surface area (Å²) in [7, 11) is 0. The molecule has 6 heteroatoms. The zero-order valence-corrected chi connectivity index (χ0v) is 17.1. The van der Waals surface area contributed by atoms with Gasteiger partial charge in [-0.25, -0.2) is 9.50 Å². The Kier molecular flexibility index (Phi) is 4.94. The van der Waals surface area contributed by atoms with E-state index < -0.39 is 0 Å². The fourth-order valence-electron chi connectivity index (χ4n) is 3.99. The molecule has 0 aliphatic heterocycles. The standard InChI is InChI=1S/C23H26N4O2/c1-15(9-10-16-7-5-4-6-8-16)26-22(29)18-14-25-27-19-11-23(2,3)12-20(28)17(19)13-24-21(18)27/h4-8,13-15H,9-12H2,1-3H3,(H,26,29)/t15-/m1/s1. The summed E-state index contributed by atoms with van der Waals surface area (Å²) in [4.78, 5) is 29.7. The average molecular weight is 390 g/mol. The number of Topliss-reactive ketones (excluding diaryl/α,β-unsaturated/α-hetero) is 1. The van der Waals surface area contributed by atoms with Gasteiger partial charge in [-0.1, -0.05) is 44.2 Å². The molecule has 1 aliphatic rings. The van der Waals surface area contributed by atoms with Gasteiger partial charge < -0.3 is 5.32 Å². The molecule has 2 heterocycles. The maximum atomic E-state index is 12.8. The van der Waals surface area contributed by atoms with Crippen LogP contribution in [0.25, 0.3) is 5.65 Å². The molecule has 1 aromatic carbocycles. The third-order valence-electron chi connectivity index (χ3n) is 5.54. The smallest absolute Gasteiger partial charge is 0.256 e. The first-order valence-electron chi connectivity index (χ1n) is 10.1. The fraction of sp³-hybridized carbons (Fsp3) is 0.391. The zero-order valence-electron chi connectivity index (χ0n) is 17.1. The number of benzene rings is 1. The van der Waals surface area contributed by atoms with E-state index in [0.29, 0.717) is 23.2 Å². The Morgan fingerprint density at radius 2 is 1.97 bits per heavy atom. The van der Waals surface area contributed by atoms with Crippen molar-refractivity contribution < 1.29 is 9.59 Å². The second kappa shape index (κ2) is 7.43. The Hall–Kier alpha value is -3.02. The highest BCUT2D eigenvalue weighted by atomic mass is 16.1. The highest BCUT2D eigenvalue weighted by Crippen LogP contribution is 2.34. The van der Waals surface area contributed by atoms with Crippen LogP contribution in [0.15, 0.2) is 42.7 Å². The lowest BCUT2D eigenvalue weighted by molar-refractivity contribution is 0.0907. The van der Waals surface area contributed by atoms with E-state index in [0.717, 1.165) is 25.0 Å². The van der Waals surface area contributed by atoms with Gasteiger partial charge in [0.1, 0.15) is 5.56 Å². The third-order valence-corrected chi connectivity index (χ3v) is 5.54. The van der Waals surface area contributed by atoms with Gasteiger partial charge in [0.15, 0.2) is 11.4 Å². The van der Waals surface area contributed by atoms with E-state index in [1.807, 2.05) is 25.1 Å². The maximum Gasteiger partial charge on any atom is 0.256 e. The minimum atomic E-state index is -0.186. The Morgan fingerprint density at radius 3 is 2.72 bits per heavy atom. The first kappa shape index (κ1) is 19.3. The van der Waals surface area contributed by atoms with Crippen LogP contribution in [0, 0.1) is 5.41 Å².